The van der Waals surface area contributed by atoms with Crippen LogP contribution >= 0.6 is 0 Å². The Labute approximate surface area is 123 Å². The average molecular weight is 292 g/mol. The van der Waals surface area contributed by atoms with Crippen LogP contribution in [0.2, 0.25) is 0 Å². The minimum absolute atomic E-state index is 0.149. The van der Waals surface area contributed by atoms with Crippen LogP contribution in [0.5, 0.6) is 0 Å². The van der Waals surface area contributed by atoms with E-state index in [9.17, 15) is 14.4 Å². The third-order valence-electron chi connectivity index (χ3n) is 2.87. The van der Waals surface area contributed by atoms with Crippen LogP contribution in [-0.4, -0.2) is 38.0 Å². The van der Waals surface area contributed by atoms with Gasteiger partial charge < -0.3 is 15.4 Å². The summed E-state index contributed by atoms with van der Waals surface area (Å²) in [4.78, 5) is 33.8. The van der Waals surface area contributed by atoms with Crippen LogP contribution in [0, 0.1) is 6.92 Å². The molecular formula is C15H20N2O4. The summed E-state index contributed by atoms with van der Waals surface area (Å²) in [6.07, 6.45) is 0.934. The zero-order valence-corrected chi connectivity index (χ0v) is 12.3. The second-order valence-corrected chi connectivity index (χ2v) is 4.62. The second-order valence-electron chi connectivity index (χ2n) is 4.62. The standard InChI is InChI=1S/C15H20N2O4/c1-11-3-5-12(6-4-11)7-8-13(18)16-9-14(19)17-10-15(20)21-2/h3-6H,7-10H2,1-2H3,(H,16,18)(H,17,19). The van der Waals surface area contributed by atoms with Crippen molar-refractivity contribution in [1.29, 1.82) is 0 Å². The van der Waals surface area contributed by atoms with Gasteiger partial charge >= 0.3 is 5.97 Å². The van der Waals surface area contributed by atoms with Crippen LogP contribution in [0.25, 0.3) is 0 Å². The fourth-order valence-electron chi connectivity index (χ4n) is 1.59. The van der Waals surface area contributed by atoms with Gasteiger partial charge in [-0.2, -0.15) is 0 Å². The maximum Gasteiger partial charge on any atom is 0.325 e. The lowest BCUT2D eigenvalue weighted by molar-refractivity contribution is -0.141. The Hall–Kier alpha value is -2.37. The maximum atomic E-state index is 11.6. The lowest BCUT2D eigenvalue weighted by atomic mass is 10.1. The van der Waals surface area contributed by atoms with Crippen molar-refractivity contribution in [3.05, 3.63) is 35.4 Å². The molecule has 0 radical (unpaired) electrons. The van der Waals surface area contributed by atoms with Crippen molar-refractivity contribution < 1.29 is 19.1 Å². The first-order valence-corrected chi connectivity index (χ1v) is 6.67. The number of benzene rings is 1. The number of hydrogen-bond donors (Lipinski definition) is 2. The summed E-state index contributed by atoms with van der Waals surface area (Å²) in [5.74, 6) is -1.16. The van der Waals surface area contributed by atoms with E-state index in [4.69, 9.17) is 0 Å². The molecule has 0 aliphatic carbocycles. The number of rotatable bonds is 7. The Kier molecular flexibility index (Phi) is 6.94. The summed E-state index contributed by atoms with van der Waals surface area (Å²) in [7, 11) is 1.24. The topological polar surface area (TPSA) is 84.5 Å². The van der Waals surface area contributed by atoms with Gasteiger partial charge in [0.15, 0.2) is 0 Å². The Bertz CT molecular complexity index is 497. The molecule has 0 saturated carbocycles. The molecule has 1 aromatic rings. The van der Waals surface area contributed by atoms with Gasteiger partial charge in [0, 0.05) is 6.42 Å². The van der Waals surface area contributed by atoms with Gasteiger partial charge in [0.25, 0.3) is 0 Å². The lowest BCUT2D eigenvalue weighted by Gasteiger charge is -2.06. The molecule has 0 heterocycles. The van der Waals surface area contributed by atoms with Crippen molar-refractivity contribution in [2.24, 2.45) is 0 Å². The van der Waals surface area contributed by atoms with Crippen molar-refractivity contribution in [1.82, 2.24) is 10.6 Å². The predicted octanol–water partition coefficient (Wildman–Crippen LogP) is 0.333. The number of ether oxygens (including phenoxy) is 1. The molecule has 0 spiro atoms. The number of methoxy groups -OCH3 is 1. The number of amides is 2. The van der Waals surface area contributed by atoms with Gasteiger partial charge in [-0.25, -0.2) is 0 Å². The highest BCUT2D eigenvalue weighted by molar-refractivity contribution is 5.86. The predicted molar refractivity (Wildman–Crippen MR) is 77.5 cm³/mol. The second kappa shape index (κ2) is 8.73. The monoisotopic (exact) mass is 292 g/mol. The summed E-state index contributed by atoms with van der Waals surface area (Å²) >= 11 is 0. The molecule has 1 rings (SSSR count). The molecule has 2 N–H and O–H groups in total. The van der Waals surface area contributed by atoms with Gasteiger partial charge in [0.05, 0.1) is 13.7 Å². The molecule has 1 aromatic carbocycles. The Morgan fingerprint density at radius 1 is 1.00 bits per heavy atom. The van der Waals surface area contributed by atoms with E-state index in [1.54, 1.807) is 0 Å². The van der Waals surface area contributed by atoms with Crippen molar-refractivity contribution in [3.63, 3.8) is 0 Å². The van der Waals surface area contributed by atoms with Crippen LogP contribution in [0.1, 0.15) is 17.5 Å². The van der Waals surface area contributed by atoms with E-state index >= 15 is 0 Å². The van der Waals surface area contributed by atoms with Crippen molar-refractivity contribution >= 4 is 17.8 Å². The van der Waals surface area contributed by atoms with Crippen LogP contribution in [0.3, 0.4) is 0 Å². The molecule has 0 unspecified atom stereocenters. The minimum Gasteiger partial charge on any atom is -0.468 e. The summed E-state index contributed by atoms with van der Waals surface area (Å²) < 4.78 is 4.38. The highest BCUT2D eigenvalue weighted by Gasteiger charge is 2.07. The van der Waals surface area contributed by atoms with E-state index in [-0.39, 0.29) is 19.0 Å². The molecule has 2 amide bonds. The zero-order valence-electron chi connectivity index (χ0n) is 12.3. The average Bonchev–Trinajstić information content (AvgIpc) is 2.49. The van der Waals surface area contributed by atoms with Gasteiger partial charge in [-0.3, -0.25) is 14.4 Å². The van der Waals surface area contributed by atoms with E-state index in [1.807, 2.05) is 31.2 Å². The number of esters is 1. The smallest absolute Gasteiger partial charge is 0.325 e. The Morgan fingerprint density at radius 3 is 2.24 bits per heavy atom. The molecule has 0 aliphatic rings. The van der Waals surface area contributed by atoms with E-state index < -0.39 is 11.9 Å². The zero-order chi connectivity index (χ0) is 15.7. The summed E-state index contributed by atoms with van der Waals surface area (Å²) in [5.41, 5.74) is 2.25. The van der Waals surface area contributed by atoms with Crippen LogP contribution in [-0.2, 0) is 25.5 Å². The molecule has 0 saturated heterocycles. The number of nitrogens with one attached hydrogen (secondary N) is 2. The molecule has 0 aliphatic heterocycles. The molecule has 0 bridgehead atoms. The first-order chi connectivity index (χ1) is 10.0. The fraction of sp³-hybridized carbons (Fsp3) is 0.400. The first-order valence-electron chi connectivity index (χ1n) is 6.67. The molecule has 6 heteroatoms. The fourth-order valence-corrected chi connectivity index (χ4v) is 1.59. The summed E-state index contributed by atoms with van der Waals surface area (Å²) in [6, 6.07) is 7.94. The summed E-state index contributed by atoms with van der Waals surface area (Å²) in [5, 5.41) is 4.84. The quantitative estimate of drug-likeness (QED) is 0.709. The Morgan fingerprint density at radius 2 is 1.62 bits per heavy atom. The minimum atomic E-state index is -0.533. The number of carbonyl (C=O) groups excluding carboxylic acids is 3. The van der Waals surface area contributed by atoms with Crippen LogP contribution in [0.15, 0.2) is 24.3 Å². The number of aryl methyl sites for hydroxylation is 2. The first kappa shape index (κ1) is 16.7. The third-order valence-corrected chi connectivity index (χ3v) is 2.87. The third kappa shape index (κ3) is 7.10. The van der Waals surface area contributed by atoms with Gasteiger partial charge in [-0.05, 0) is 18.9 Å². The van der Waals surface area contributed by atoms with Crippen molar-refractivity contribution in [3.8, 4) is 0 Å². The van der Waals surface area contributed by atoms with Crippen LogP contribution in [0.4, 0.5) is 0 Å². The largest absolute Gasteiger partial charge is 0.468 e. The molecule has 0 fully saturated rings. The maximum absolute atomic E-state index is 11.6. The molecule has 0 atom stereocenters. The molecule has 6 nitrogen and oxygen atoms in total. The Balaban J connectivity index is 2.20. The molecule has 0 aromatic heterocycles. The van der Waals surface area contributed by atoms with Gasteiger partial charge in [-0.15, -0.1) is 0 Å². The van der Waals surface area contributed by atoms with E-state index in [0.29, 0.717) is 12.8 Å². The van der Waals surface area contributed by atoms with E-state index in [0.717, 1.165) is 5.56 Å². The normalized spacial score (nSPS) is 9.81. The van der Waals surface area contributed by atoms with Gasteiger partial charge in [0.1, 0.15) is 6.54 Å². The van der Waals surface area contributed by atoms with Crippen molar-refractivity contribution in [2.75, 3.05) is 20.2 Å². The molecular weight excluding hydrogens is 272 g/mol. The van der Waals surface area contributed by atoms with Gasteiger partial charge in [0.2, 0.25) is 11.8 Å². The SMILES string of the molecule is COC(=O)CNC(=O)CNC(=O)CCc1ccc(C)cc1. The van der Waals surface area contributed by atoms with E-state index in [2.05, 4.69) is 15.4 Å². The lowest BCUT2D eigenvalue weighted by Crippen LogP contribution is -2.39. The highest BCUT2D eigenvalue weighted by Crippen LogP contribution is 2.05. The van der Waals surface area contributed by atoms with Gasteiger partial charge in [-0.1, -0.05) is 29.8 Å². The number of hydrogen-bond acceptors (Lipinski definition) is 4. The molecule has 21 heavy (non-hydrogen) atoms. The van der Waals surface area contributed by atoms with E-state index in [1.165, 1.54) is 12.7 Å². The molecule has 114 valence electrons. The van der Waals surface area contributed by atoms with Crippen molar-refractivity contribution in [2.45, 2.75) is 19.8 Å². The highest BCUT2D eigenvalue weighted by atomic mass is 16.5. The van der Waals surface area contributed by atoms with Crippen LogP contribution < -0.4 is 10.6 Å². The summed E-state index contributed by atoms with van der Waals surface area (Å²) in [6.45, 7) is 1.65. The number of carbonyl (C=O) groups is 3.